The fourth-order valence-corrected chi connectivity index (χ4v) is 1.44. The Morgan fingerprint density at radius 3 is 2.33 bits per heavy atom. The molecule has 0 unspecified atom stereocenters. The molecule has 0 bridgehead atoms. The van der Waals surface area contributed by atoms with Crippen LogP contribution in [0.4, 0.5) is 0 Å². The summed E-state index contributed by atoms with van der Waals surface area (Å²) in [5, 5.41) is 3.07. The maximum absolute atomic E-state index is 3.99. The Morgan fingerprint density at radius 1 is 1.20 bits per heavy atom. The summed E-state index contributed by atoms with van der Waals surface area (Å²) in [7, 11) is 0. The van der Waals surface area contributed by atoms with Gasteiger partial charge in [-0.2, -0.15) is 9.78 Å². The number of rotatable bonds is 4. The van der Waals surface area contributed by atoms with Gasteiger partial charge in [-0.1, -0.05) is 34.6 Å². The van der Waals surface area contributed by atoms with E-state index in [4.69, 9.17) is 0 Å². The van der Waals surface area contributed by atoms with Crippen molar-refractivity contribution in [1.82, 2.24) is 10.1 Å². The molecule has 1 heterocycles. The molecule has 1 rings (SSSR count). The molecule has 0 aliphatic carbocycles. The summed E-state index contributed by atoms with van der Waals surface area (Å²) in [4.78, 5) is 3.99. The minimum absolute atomic E-state index is 0.367. The quantitative estimate of drug-likeness (QED) is 0.761. The van der Waals surface area contributed by atoms with Gasteiger partial charge >= 0.3 is 6.33 Å². The zero-order chi connectivity index (χ0) is 11.5. The van der Waals surface area contributed by atoms with E-state index in [1.807, 2.05) is 11.0 Å². The summed E-state index contributed by atoms with van der Waals surface area (Å²) < 4.78 is 2.03. The van der Waals surface area contributed by atoms with Crippen LogP contribution in [0.2, 0.25) is 0 Å². The summed E-state index contributed by atoms with van der Waals surface area (Å²) in [5.41, 5.74) is 0.749. The first-order chi connectivity index (χ1) is 6.83. The van der Waals surface area contributed by atoms with E-state index in [0.29, 0.717) is 10.8 Å². The number of hydrogen-bond donors (Lipinski definition) is 1. The van der Waals surface area contributed by atoms with Crippen LogP contribution in [0.1, 0.15) is 47.5 Å². The molecule has 15 heavy (non-hydrogen) atoms. The van der Waals surface area contributed by atoms with Crippen LogP contribution in [0, 0.1) is 10.8 Å². The van der Waals surface area contributed by atoms with Crippen molar-refractivity contribution in [3.05, 3.63) is 12.7 Å². The van der Waals surface area contributed by atoms with E-state index in [9.17, 15) is 0 Å². The first-order valence-corrected chi connectivity index (χ1v) is 5.71. The highest BCUT2D eigenvalue weighted by Crippen LogP contribution is 2.41. The lowest BCUT2D eigenvalue weighted by Gasteiger charge is -2.38. The van der Waals surface area contributed by atoms with Crippen molar-refractivity contribution in [2.75, 3.05) is 0 Å². The van der Waals surface area contributed by atoms with Gasteiger partial charge in [-0.05, 0) is 28.7 Å². The van der Waals surface area contributed by atoms with E-state index in [1.54, 1.807) is 6.33 Å². The maximum Gasteiger partial charge on any atom is 0.306 e. The van der Waals surface area contributed by atoms with Gasteiger partial charge in [-0.3, -0.25) is 0 Å². The fraction of sp³-hybridized carbons (Fsp3) is 0.833. The fourth-order valence-electron chi connectivity index (χ4n) is 1.44. The van der Waals surface area contributed by atoms with E-state index < -0.39 is 0 Å². The Balaban J connectivity index is 2.37. The van der Waals surface area contributed by atoms with Crippen LogP contribution in [0.3, 0.4) is 0 Å². The second kappa shape index (κ2) is 4.33. The van der Waals surface area contributed by atoms with Crippen LogP contribution in [-0.4, -0.2) is 10.1 Å². The van der Waals surface area contributed by atoms with Crippen LogP contribution in [-0.2, 0) is 6.54 Å². The van der Waals surface area contributed by atoms with Crippen LogP contribution in [0.5, 0.6) is 0 Å². The molecule has 0 saturated carbocycles. The second-order valence-corrected chi connectivity index (χ2v) is 5.95. The molecule has 0 aliphatic rings. The molecule has 0 aromatic carbocycles. The summed E-state index contributed by atoms with van der Waals surface area (Å²) in [6.45, 7) is 12.7. The second-order valence-electron chi connectivity index (χ2n) is 5.95. The molecule has 0 spiro atoms. The molecule has 0 aliphatic heterocycles. The Hall–Kier alpha value is -0.860. The van der Waals surface area contributed by atoms with Gasteiger partial charge in [0.05, 0.1) is 0 Å². The molecule has 0 saturated heterocycles. The van der Waals surface area contributed by atoms with Gasteiger partial charge in [0.1, 0.15) is 6.54 Å². The molecule has 3 heteroatoms. The molecule has 0 amide bonds. The van der Waals surface area contributed by atoms with Gasteiger partial charge in [0.15, 0.2) is 0 Å². The lowest BCUT2D eigenvalue weighted by atomic mass is 9.67. The van der Waals surface area contributed by atoms with Crippen molar-refractivity contribution in [2.24, 2.45) is 10.8 Å². The van der Waals surface area contributed by atoms with Gasteiger partial charge in [0.2, 0.25) is 6.33 Å². The number of H-pyrrole nitrogens is 1. The predicted octanol–water partition coefficient (Wildman–Crippen LogP) is 2.55. The number of aromatic nitrogens is 3. The van der Waals surface area contributed by atoms with Crippen molar-refractivity contribution < 1.29 is 4.68 Å². The molecule has 1 aromatic heterocycles. The third-order valence-electron chi connectivity index (χ3n) is 3.74. The number of aryl methyl sites for hydroxylation is 1. The molecular weight excluding hydrogens is 186 g/mol. The topological polar surface area (TPSA) is 32.6 Å². The molecule has 1 aromatic rings. The van der Waals surface area contributed by atoms with Crippen LogP contribution in [0.15, 0.2) is 12.7 Å². The minimum atomic E-state index is 0.367. The van der Waals surface area contributed by atoms with Gasteiger partial charge in [-0.15, -0.1) is 0 Å². The van der Waals surface area contributed by atoms with Crippen molar-refractivity contribution in [2.45, 2.75) is 54.0 Å². The number of aromatic amines is 1. The number of nitrogens with one attached hydrogen (secondary N) is 1. The summed E-state index contributed by atoms with van der Waals surface area (Å²) in [6, 6.07) is 0. The summed E-state index contributed by atoms with van der Waals surface area (Å²) in [6.07, 6.45) is 5.98. The van der Waals surface area contributed by atoms with Crippen molar-refractivity contribution in [3.8, 4) is 0 Å². The van der Waals surface area contributed by atoms with Crippen LogP contribution >= 0.6 is 0 Å². The normalized spacial score (nSPS) is 13.1. The van der Waals surface area contributed by atoms with Gasteiger partial charge in [-0.25, -0.2) is 0 Å². The highest BCUT2D eigenvalue weighted by molar-refractivity contribution is 4.81. The number of hydrogen-bond acceptors (Lipinski definition) is 1. The lowest BCUT2D eigenvalue weighted by molar-refractivity contribution is -0.751. The van der Waals surface area contributed by atoms with Gasteiger partial charge in [0.25, 0.3) is 0 Å². The third kappa shape index (κ3) is 3.33. The minimum Gasteiger partial charge on any atom is -0.194 e. The van der Waals surface area contributed by atoms with Crippen LogP contribution in [0.25, 0.3) is 0 Å². The van der Waals surface area contributed by atoms with Crippen molar-refractivity contribution in [1.29, 1.82) is 0 Å². The average molecular weight is 210 g/mol. The SMILES string of the molecule is CC(C)(C)C(C)(C)CCC[n+]1cnc[nH]1. The van der Waals surface area contributed by atoms with E-state index >= 15 is 0 Å². The summed E-state index contributed by atoms with van der Waals surface area (Å²) in [5.74, 6) is 0. The van der Waals surface area contributed by atoms with E-state index in [-0.39, 0.29) is 0 Å². The third-order valence-corrected chi connectivity index (χ3v) is 3.74. The zero-order valence-corrected chi connectivity index (χ0v) is 10.7. The standard InChI is InChI=1S/C12H23N3/c1-11(2,3)12(4,5)7-6-8-15-10-13-9-14-15/h9-10H,6-8H2,1-5H3/p+1. The van der Waals surface area contributed by atoms with E-state index in [2.05, 4.69) is 44.7 Å². The maximum atomic E-state index is 3.99. The average Bonchev–Trinajstić information content (AvgIpc) is 2.54. The Bertz CT molecular complexity index is 280. The molecule has 0 atom stereocenters. The van der Waals surface area contributed by atoms with Crippen LogP contribution < -0.4 is 4.68 Å². The van der Waals surface area contributed by atoms with Crippen molar-refractivity contribution >= 4 is 0 Å². The zero-order valence-electron chi connectivity index (χ0n) is 10.7. The molecule has 86 valence electrons. The Kier molecular flexibility index (Phi) is 3.53. The highest BCUT2D eigenvalue weighted by atomic mass is 15.3. The molecule has 1 N–H and O–H groups in total. The predicted molar refractivity (Wildman–Crippen MR) is 61.3 cm³/mol. The molecule has 0 radical (unpaired) electrons. The lowest BCUT2D eigenvalue weighted by Crippen LogP contribution is -2.36. The smallest absolute Gasteiger partial charge is 0.194 e. The first-order valence-electron chi connectivity index (χ1n) is 5.71. The molecular formula is C12H24N3+. The largest absolute Gasteiger partial charge is 0.306 e. The Morgan fingerprint density at radius 2 is 1.87 bits per heavy atom. The molecule has 3 nitrogen and oxygen atoms in total. The van der Waals surface area contributed by atoms with E-state index in [0.717, 1.165) is 6.54 Å². The highest BCUT2D eigenvalue weighted by Gasteiger charge is 2.32. The van der Waals surface area contributed by atoms with Gasteiger partial charge in [0, 0.05) is 0 Å². The Labute approximate surface area is 92.9 Å². The summed E-state index contributed by atoms with van der Waals surface area (Å²) >= 11 is 0. The first kappa shape index (κ1) is 12.2. The van der Waals surface area contributed by atoms with E-state index in [1.165, 1.54) is 12.8 Å². The molecule has 0 fully saturated rings. The van der Waals surface area contributed by atoms with Crippen molar-refractivity contribution in [3.63, 3.8) is 0 Å². The van der Waals surface area contributed by atoms with Gasteiger partial charge < -0.3 is 0 Å². The number of nitrogens with zero attached hydrogens (tertiary/aromatic N) is 2. The monoisotopic (exact) mass is 210 g/mol.